The average molecular weight is 488 g/mol. The number of carbonyl (C=O) groups is 3. The maximum absolute atomic E-state index is 13.3. The fourth-order valence-corrected chi connectivity index (χ4v) is 4.10. The van der Waals surface area contributed by atoms with Crippen molar-refractivity contribution in [3.63, 3.8) is 0 Å². The molecule has 0 aromatic heterocycles. The minimum atomic E-state index is -0.921. The Kier molecular flexibility index (Phi) is 7.05. The molecule has 1 unspecified atom stereocenters. The Morgan fingerprint density at radius 2 is 1.56 bits per heavy atom. The number of anilines is 1. The Hall–Kier alpha value is -4.59. The first kappa shape index (κ1) is 24.5. The number of Topliss-reactive ketones (excluding diaryl/α,β-unsaturated/α-hetero) is 1. The first-order chi connectivity index (χ1) is 17.4. The summed E-state index contributed by atoms with van der Waals surface area (Å²) in [5.74, 6) is -1.35. The Morgan fingerprint density at radius 1 is 0.889 bits per heavy atom. The number of hydrogen-bond donors (Lipinski definition) is 1. The summed E-state index contributed by atoms with van der Waals surface area (Å²) in [6.07, 6.45) is 0. The SMILES string of the molecule is CCOC(=O)c1ccc(N2C(=O)C(=O)/C(=C(/O)c3cccc(OC)c3)C2c2ccc(OC)cc2)cc1. The zero-order valence-corrected chi connectivity index (χ0v) is 20.1. The van der Waals surface area contributed by atoms with Crippen molar-refractivity contribution < 1.29 is 33.7 Å². The van der Waals surface area contributed by atoms with Gasteiger partial charge in [-0.2, -0.15) is 0 Å². The molecule has 0 bridgehead atoms. The smallest absolute Gasteiger partial charge is 0.338 e. The molecule has 1 aliphatic heterocycles. The van der Waals surface area contributed by atoms with Gasteiger partial charge in [0, 0.05) is 11.3 Å². The minimum Gasteiger partial charge on any atom is -0.507 e. The first-order valence-corrected chi connectivity index (χ1v) is 11.3. The highest BCUT2D eigenvalue weighted by atomic mass is 16.5. The van der Waals surface area contributed by atoms with E-state index < -0.39 is 23.7 Å². The number of nitrogens with zero attached hydrogens (tertiary/aromatic N) is 1. The molecule has 1 amide bonds. The number of ketones is 1. The number of hydrogen-bond acceptors (Lipinski definition) is 7. The van der Waals surface area contributed by atoms with E-state index in [9.17, 15) is 19.5 Å². The number of benzene rings is 3. The summed E-state index contributed by atoms with van der Waals surface area (Å²) >= 11 is 0. The zero-order chi connectivity index (χ0) is 25.8. The van der Waals surface area contributed by atoms with E-state index in [0.29, 0.717) is 33.9 Å². The fraction of sp³-hybridized carbons (Fsp3) is 0.179. The van der Waals surface area contributed by atoms with E-state index in [2.05, 4.69) is 0 Å². The molecule has 3 aromatic carbocycles. The molecule has 36 heavy (non-hydrogen) atoms. The molecule has 0 aliphatic carbocycles. The monoisotopic (exact) mass is 487 g/mol. The number of carbonyl (C=O) groups excluding carboxylic acids is 3. The summed E-state index contributed by atoms with van der Waals surface area (Å²) in [6.45, 7) is 1.94. The van der Waals surface area contributed by atoms with Crippen LogP contribution in [0, 0.1) is 0 Å². The number of rotatable bonds is 7. The molecule has 0 radical (unpaired) electrons. The van der Waals surface area contributed by atoms with Crippen LogP contribution < -0.4 is 14.4 Å². The third-order valence-corrected chi connectivity index (χ3v) is 5.88. The second-order valence-corrected chi connectivity index (χ2v) is 7.94. The number of amides is 1. The van der Waals surface area contributed by atoms with Gasteiger partial charge in [0.2, 0.25) is 0 Å². The molecule has 1 aliphatic rings. The van der Waals surface area contributed by atoms with Crippen LogP contribution in [0.2, 0.25) is 0 Å². The fourth-order valence-electron chi connectivity index (χ4n) is 4.10. The molecule has 1 saturated heterocycles. The number of esters is 1. The average Bonchev–Trinajstić information content (AvgIpc) is 3.18. The molecule has 8 nitrogen and oxygen atoms in total. The zero-order valence-electron chi connectivity index (χ0n) is 20.1. The van der Waals surface area contributed by atoms with Gasteiger partial charge in [-0.1, -0.05) is 24.3 Å². The van der Waals surface area contributed by atoms with Crippen LogP contribution in [0.5, 0.6) is 11.5 Å². The maximum Gasteiger partial charge on any atom is 0.338 e. The summed E-state index contributed by atoms with van der Waals surface area (Å²) in [5, 5.41) is 11.2. The van der Waals surface area contributed by atoms with Crippen LogP contribution in [0.25, 0.3) is 5.76 Å². The number of ether oxygens (including phenoxy) is 3. The molecule has 3 aromatic rings. The van der Waals surface area contributed by atoms with Crippen LogP contribution in [0.4, 0.5) is 5.69 Å². The molecule has 1 N–H and O–H groups in total. The van der Waals surface area contributed by atoms with Crippen molar-refractivity contribution in [3.8, 4) is 11.5 Å². The Labute approximate surface area is 208 Å². The summed E-state index contributed by atoms with van der Waals surface area (Å²) in [4.78, 5) is 40.0. The van der Waals surface area contributed by atoms with Crippen LogP contribution >= 0.6 is 0 Å². The van der Waals surface area contributed by atoms with Gasteiger partial charge in [0.25, 0.3) is 11.7 Å². The largest absolute Gasteiger partial charge is 0.507 e. The predicted octanol–water partition coefficient (Wildman–Crippen LogP) is 4.51. The van der Waals surface area contributed by atoms with E-state index in [0.717, 1.165) is 0 Å². The molecule has 1 fully saturated rings. The molecular formula is C28H25NO7. The summed E-state index contributed by atoms with van der Waals surface area (Å²) in [6, 6.07) is 18.8. The van der Waals surface area contributed by atoms with Crippen LogP contribution in [-0.2, 0) is 14.3 Å². The van der Waals surface area contributed by atoms with Crippen molar-refractivity contribution >= 4 is 29.1 Å². The van der Waals surface area contributed by atoms with Gasteiger partial charge in [-0.15, -0.1) is 0 Å². The molecule has 4 rings (SSSR count). The predicted molar refractivity (Wildman–Crippen MR) is 133 cm³/mol. The van der Waals surface area contributed by atoms with Crippen molar-refractivity contribution in [3.05, 3.63) is 95.1 Å². The lowest BCUT2D eigenvalue weighted by molar-refractivity contribution is -0.132. The van der Waals surface area contributed by atoms with Crippen molar-refractivity contribution in [2.75, 3.05) is 25.7 Å². The van der Waals surface area contributed by atoms with Gasteiger partial charge in [-0.3, -0.25) is 14.5 Å². The van der Waals surface area contributed by atoms with Crippen molar-refractivity contribution in [2.45, 2.75) is 13.0 Å². The van der Waals surface area contributed by atoms with E-state index in [4.69, 9.17) is 14.2 Å². The third-order valence-electron chi connectivity index (χ3n) is 5.88. The highest BCUT2D eigenvalue weighted by Gasteiger charge is 2.47. The molecule has 8 heteroatoms. The Morgan fingerprint density at radius 3 is 2.17 bits per heavy atom. The van der Waals surface area contributed by atoms with E-state index >= 15 is 0 Å². The quantitative estimate of drug-likeness (QED) is 0.226. The number of aliphatic hydroxyl groups is 1. The molecule has 0 saturated carbocycles. The van der Waals surface area contributed by atoms with Gasteiger partial charge in [0.05, 0.1) is 38.0 Å². The molecule has 1 heterocycles. The van der Waals surface area contributed by atoms with E-state index in [1.807, 2.05) is 0 Å². The lowest BCUT2D eigenvalue weighted by atomic mass is 9.95. The second-order valence-electron chi connectivity index (χ2n) is 7.94. The topological polar surface area (TPSA) is 102 Å². The Bertz CT molecular complexity index is 1330. The van der Waals surface area contributed by atoms with Gasteiger partial charge >= 0.3 is 5.97 Å². The van der Waals surface area contributed by atoms with Crippen LogP contribution in [0.1, 0.15) is 34.5 Å². The summed E-state index contributed by atoms with van der Waals surface area (Å²) in [7, 11) is 3.03. The van der Waals surface area contributed by atoms with E-state index in [1.165, 1.54) is 31.3 Å². The number of aliphatic hydroxyl groups excluding tert-OH is 1. The van der Waals surface area contributed by atoms with Gasteiger partial charge in [0.15, 0.2) is 0 Å². The summed E-state index contributed by atoms with van der Waals surface area (Å²) < 4.78 is 15.5. The highest BCUT2D eigenvalue weighted by molar-refractivity contribution is 6.51. The third kappa shape index (κ3) is 4.53. The standard InChI is InChI=1S/C28H25NO7/c1-4-36-28(33)18-8-12-20(13-9-18)29-24(17-10-14-21(34-2)15-11-17)23(26(31)27(29)32)25(30)19-6-5-7-22(16-19)35-3/h5-16,24,30H,4H2,1-3H3/b25-23+. The van der Waals surface area contributed by atoms with E-state index in [1.54, 1.807) is 67.6 Å². The lowest BCUT2D eigenvalue weighted by Gasteiger charge is -2.25. The van der Waals surface area contributed by atoms with E-state index in [-0.39, 0.29) is 17.9 Å². The molecule has 184 valence electrons. The van der Waals surface area contributed by atoms with Gasteiger partial charge < -0.3 is 19.3 Å². The Balaban J connectivity index is 1.86. The van der Waals surface area contributed by atoms with Crippen LogP contribution in [0.3, 0.4) is 0 Å². The van der Waals surface area contributed by atoms with Crippen molar-refractivity contribution in [1.82, 2.24) is 0 Å². The second kappa shape index (κ2) is 10.4. The van der Waals surface area contributed by atoms with Gasteiger partial charge in [0.1, 0.15) is 17.3 Å². The van der Waals surface area contributed by atoms with Gasteiger partial charge in [-0.05, 0) is 61.0 Å². The minimum absolute atomic E-state index is 0.0621. The van der Waals surface area contributed by atoms with Crippen molar-refractivity contribution in [1.29, 1.82) is 0 Å². The molecular weight excluding hydrogens is 462 g/mol. The highest BCUT2D eigenvalue weighted by Crippen LogP contribution is 2.42. The van der Waals surface area contributed by atoms with Crippen LogP contribution in [-0.4, -0.2) is 43.6 Å². The number of methoxy groups -OCH3 is 2. The molecule has 0 spiro atoms. The van der Waals surface area contributed by atoms with Crippen LogP contribution in [0.15, 0.2) is 78.4 Å². The summed E-state index contributed by atoms with van der Waals surface area (Å²) in [5.41, 5.74) is 1.57. The van der Waals surface area contributed by atoms with Gasteiger partial charge in [-0.25, -0.2) is 4.79 Å². The lowest BCUT2D eigenvalue weighted by Crippen LogP contribution is -2.29. The normalized spacial score (nSPS) is 16.6. The first-order valence-electron chi connectivity index (χ1n) is 11.3. The maximum atomic E-state index is 13.3. The molecule has 1 atom stereocenters. The van der Waals surface area contributed by atoms with Crippen molar-refractivity contribution in [2.24, 2.45) is 0 Å².